The summed E-state index contributed by atoms with van der Waals surface area (Å²) in [5.41, 5.74) is 2.02. The van der Waals surface area contributed by atoms with Crippen LogP contribution in [-0.4, -0.2) is 31.6 Å². The Balaban J connectivity index is 1.85. The highest BCUT2D eigenvalue weighted by Gasteiger charge is 2.12. The van der Waals surface area contributed by atoms with Gasteiger partial charge in [-0.1, -0.05) is 12.1 Å². The first kappa shape index (κ1) is 19.6. The summed E-state index contributed by atoms with van der Waals surface area (Å²) in [6.07, 6.45) is -0.179. The Labute approximate surface area is 152 Å². The fraction of sp³-hybridized carbons (Fsp3) is 0.300. The van der Waals surface area contributed by atoms with E-state index in [-0.39, 0.29) is 30.3 Å². The van der Waals surface area contributed by atoms with Crippen molar-refractivity contribution in [3.63, 3.8) is 0 Å². The lowest BCUT2D eigenvalue weighted by atomic mass is 10.2. The SMILES string of the molecule is CC(C)OC(=O)c1ccc(NC(=O)C[NH+](C)Cc2ccc(F)cc2)cc1. The Morgan fingerprint density at radius 1 is 1.08 bits per heavy atom. The molecular weight excluding hydrogens is 335 g/mol. The van der Waals surface area contributed by atoms with E-state index >= 15 is 0 Å². The van der Waals surface area contributed by atoms with Crippen LogP contribution in [0, 0.1) is 5.82 Å². The third kappa shape index (κ3) is 6.29. The molecule has 2 aromatic carbocycles. The molecule has 0 bridgehead atoms. The molecule has 0 aliphatic carbocycles. The standard InChI is InChI=1S/C20H23FN2O3/c1-14(2)26-20(25)16-6-10-18(11-7-16)22-19(24)13-23(3)12-15-4-8-17(21)9-5-15/h4-11,14H,12-13H2,1-3H3,(H,22,24)/p+1. The lowest BCUT2D eigenvalue weighted by Gasteiger charge is -2.14. The van der Waals surface area contributed by atoms with Crippen LogP contribution in [0.4, 0.5) is 10.1 Å². The molecule has 0 heterocycles. The van der Waals surface area contributed by atoms with E-state index in [2.05, 4.69) is 5.32 Å². The van der Waals surface area contributed by atoms with Gasteiger partial charge in [-0.05, 0) is 50.2 Å². The maximum Gasteiger partial charge on any atom is 0.338 e. The molecule has 26 heavy (non-hydrogen) atoms. The van der Waals surface area contributed by atoms with E-state index in [0.29, 0.717) is 17.8 Å². The predicted molar refractivity (Wildman–Crippen MR) is 97.5 cm³/mol. The molecule has 5 nitrogen and oxygen atoms in total. The molecule has 2 aromatic rings. The Hall–Kier alpha value is -2.73. The summed E-state index contributed by atoms with van der Waals surface area (Å²) in [5.74, 6) is -0.798. The van der Waals surface area contributed by atoms with Crippen LogP contribution in [0.25, 0.3) is 0 Å². The van der Waals surface area contributed by atoms with E-state index < -0.39 is 0 Å². The minimum atomic E-state index is -0.388. The summed E-state index contributed by atoms with van der Waals surface area (Å²) in [5, 5.41) is 2.80. The van der Waals surface area contributed by atoms with Gasteiger partial charge in [0, 0.05) is 11.3 Å². The third-order valence-corrected chi connectivity index (χ3v) is 3.63. The molecule has 1 amide bonds. The molecule has 1 atom stereocenters. The molecular formula is C20H24FN2O3+. The first-order chi connectivity index (χ1) is 12.3. The Kier molecular flexibility index (Phi) is 6.86. The lowest BCUT2D eigenvalue weighted by Crippen LogP contribution is -3.08. The van der Waals surface area contributed by atoms with Crippen molar-refractivity contribution in [2.24, 2.45) is 0 Å². The zero-order chi connectivity index (χ0) is 19.1. The molecule has 0 saturated carbocycles. The van der Waals surface area contributed by atoms with Gasteiger partial charge in [-0.25, -0.2) is 9.18 Å². The fourth-order valence-corrected chi connectivity index (χ4v) is 2.46. The van der Waals surface area contributed by atoms with Crippen molar-refractivity contribution in [3.05, 3.63) is 65.5 Å². The van der Waals surface area contributed by atoms with Crippen molar-refractivity contribution in [3.8, 4) is 0 Å². The van der Waals surface area contributed by atoms with Gasteiger partial charge in [-0.3, -0.25) is 4.79 Å². The molecule has 0 spiro atoms. The second-order valence-corrected chi connectivity index (χ2v) is 6.52. The number of carbonyl (C=O) groups is 2. The second-order valence-electron chi connectivity index (χ2n) is 6.52. The zero-order valence-electron chi connectivity index (χ0n) is 15.2. The quantitative estimate of drug-likeness (QED) is 0.744. The number of amides is 1. The van der Waals surface area contributed by atoms with E-state index in [9.17, 15) is 14.0 Å². The number of ether oxygens (including phenoxy) is 1. The second kappa shape index (κ2) is 9.10. The normalized spacial score (nSPS) is 11.9. The molecule has 0 aliphatic rings. The van der Waals surface area contributed by atoms with Crippen molar-refractivity contribution >= 4 is 17.6 Å². The van der Waals surface area contributed by atoms with Gasteiger partial charge in [0.25, 0.3) is 5.91 Å². The summed E-state index contributed by atoms with van der Waals surface area (Å²) in [7, 11) is 1.90. The molecule has 0 fully saturated rings. The maximum absolute atomic E-state index is 12.9. The first-order valence-corrected chi connectivity index (χ1v) is 8.50. The van der Waals surface area contributed by atoms with Gasteiger partial charge < -0.3 is 15.0 Å². The smallest absolute Gasteiger partial charge is 0.338 e. The van der Waals surface area contributed by atoms with Crippen molar-refractivity contribution in [2.75, 3.05) is 18.9 Å². The maximum atomic E-state index is 12.9. The largest absolute Gasteiger partial charge is 0.459 e. The van der Waals surface area contributed by atoms with Gasteiger partial charge in [0.05, 0.1) is 18.7 Å². The number of nitrogens with one attached hydrogen (secondary N) is 2. The first-order valence-electron chi connectivity index (χ1n) is 8.50. The summed E-state index contributed by atoms with van der Waals surface area (Å²) < 4.78 is 18.0. The van der Waals surface area contributed by atoms with E-state index in [0.717, 1.165) is 10.5 Å². The molecule has 6 heteroatoms. The van der Waals surface area contributed by atoms with Gasteiger partial charge in [0.2, 0.25) is 0 Å². The number of anilines is 1. The van der Waals surface area contributed by atoms with Crippen molar-refractivity contribution in [2.45, 2.75) is 26.5 Å². The number of rotatable bonds is 7. The van der Waals surface area contributed by atoms with E-state index in [4.69, 9.17) is 4.74 Å². The van der Waals surface area contributed by atoms with E-state index in [1.165, 1.54) is 12.1 Å². The van der Waals surface area contributed by atoms with Crippen LogP contribution in [-0.2, 0) is 16.1 Å². The highest BCUT2D eigenvalue weighted by molar-refractivity contribution is 5.93. The van der Waals surface area contributed by atoms with Crippen LogP contribution in [0.5, 0.6) is 0 Å². The predicted octanol–water partition coefficient (Wildman–Crippen LogP) is 2.04. The van der Waals surface area contributed by atoms with Crippen LogP contribution in [0.3, 0.4) is 0 Å². The molecule has 0 aliphatic heterocycles. The minimum Gasteiger partial charge on any atom is -0.459 e. The fourth-order valence-electron chi connectivity index (χ4n) is 2.46. The van der Waals surface area contributed by atoms with Gasteiger partial charge in [0.15, 0.2) is 6.54 Å². The third-order valence-electron chi connectivity index (χ3n) is 3.63. The summed E-state index contributed by atoms with van der Waals surface area (Å²) in [4.78, 5) is 24.9. The highest BCUT2D eigenvalue weighted by Crippen LogP contribution is 2.11. The number of carbonyl (C=O) groups excluding carboxylic acids is 2. The van der Waals surface area contributed by atoms with Crippen molar-refractivity contribution in [1.29, 1.82) is 0 Å². The van der Waals surface area contributed by atoms with Crippen LogP contribution in [0.2, 0.25) is 0 Å². The average molecular weight is 359 g/mol. The van der Waals surface area contributed by atoms with E-state index in [1.54, 1.807) is 50.2 Å². The molecule has 1 unspecified atom stereocenters. The Morgan fingerprint density at radius 2 is 1.69 bits per heavy atom. The van der Waals surface area contributed by atoms with Gasteiger partial charge >= 0.3 is 5.97 Å². The summed E-state index contributed by atoms with van der Waals surface area (Å²) in [6, 6.07) is 12.8. The molecule has 0 saturated heterocycles. The molecule has 2 rings (SSSR count). The number of esters is 1. The molecule has 138 valence electrons. The van der Waals surface area contributed by atoms with E-state index in [1.807, 2.05) is 7.05 Å². The Bertz CT molecular complexity index is 743. The highest BCUT2D eigenvalue weighted by atomic mass is 19.1. The molecule has 2 N–H and O–H groups in total. The monoisotopic (exact) mass is 359 g/mol. The van der Waals surface area contributed by atoms with Gasteiger partial charge in [-0.2, -0.15) is 0 Å². The van der Waals surface area contributed by atoms with Crippen LogP contribution >= 0.6 is 0 Å². The van der Waals surface area contributed by atoms with Crippen molar-refractivity contribution in [1.82, 2.24) is 0 Å². The topological polar surface area (TPSA) is 59.8 Å². The Morgan fingerprint density at radius 3 is 2.27 bits per heavy atom. The van der Waals surface area contributed by atoms with Gasteiger partial charge in [0.1, 0.15) is 12.4 Å². The minimum absolute atomic E-state index is 0.137. The summed E-state index contributed by atoms with van der Waals surface area (Å²) in [6.45, 7) is 4.47. The number of quaternary nitrogens is 1. The molecule has 0 aromatic heterocycles. The number of benzene rings is 2. The van der Waals surface area contributed by atoms with Crippen LogP contribution in [0.1, 0.15) is 29.8 Å². The molecule has 0 radical (unpaired) electrons. The summed E-state index contributed by atoms with van der Waals surface area (Å²) >= 11 is 0. The lowest BCUT2D eigenvalue weighted by molar-refractivity contribution is -0.885. The zero-order valence-corrected chi connectivity index (χ0v) is 15.2. The van der Waals surface area contributed by atoms with Crippen molar-refractivity contribution < 1.29 is 23.6 Å². The number of hydrogen-bond donors (Lipinski definition) is 2. The van der Waals surface area contributed by atoms with Crippen LogP contribution < -0.4 is 10.2 Å². The van der Waals surface area contributed by atoms with Crippen LogP contribution in [0.15, 0.2) is 48.5 Å². The number of halogens is 1. The average Bonchev–Trinajstić information content (AvgIpc) is 2.56. The number of hydrogen-bond acceptors (Lipinski definition) is 3. The van der Waals surface area contributed by atoms with Gasteiger partial charge in [-0.15, -0.1) is 0 Å². The number of likely N-dealkylation sites (N-methyl/N-ethyl adjacent to an activating group) is 1.